The summed E-state index contributed by atoms with van der Waals surface area (Å²) in [5.74, 6) is 0. The summed E-state index contributed by atoms with van der Waals surface area (Å²) in [6, 6.07) is 41.6. The van der Waals surface area contributed by atoms with Gasteiger partial charge in [-0.25, -0.2) is 0 Å². The van der Waals surface area contributed by atoms with Crippen LogP contribution >= 0.6 is 0 Å². The van der Waals surface area contributed by atoms with Crippen LogP contribution in [0.15, 0.2) is 121 Å². The van der Waals surface area contributed by atoms with Crippen molar-refractivity contribution in [1.29, 1.82) is 0 Å². The largest absolute Gasteiger partial charge is 0.390 e. The molecule has 3 heteroatoms. The van der Waals surface area contributed by atoms with Crippen LogP contribution in [-0.2, 0) is 25.9 Å². The first-order valence-corrected chi connectivity index (χ1v) is 12.1. The van der Waals surface area contributed by atoms with Gasteiger partial charge >= 0.3 is 0 Å². The van der Waals surface area contributed by atoms with Gasteiger partial charge < -0.3 is 5.11 Å². The third-order valence-corrected chi connectivity index (χ3v) is 6.35. The van der Waals surface area contributed by atoms with Gasteiger partial charge in [0.1, 0.15) is 0 Å². The van der Waals surface area contributed by atoms with Crippen LogP contribution in [0.4, 0.5) is 0 Å². The van der Waals surface area contributed by atoms with Gasteiger partial charge in [0, 0.05) is 19.5 Å². The highest BCUT2D eigenvalue weighted by molar-refractivity contribution is 5.22. The average molecular weight is 451 g/mol. The van der Waals surface area contributed by atoms with Crippen molar-refractivity contribution >= 4 is 0 Å². The summed E-state index contributed by atoms with van der Waals surface area (Å²) >= 11 is 0. The molecule has 34 heavy (non-hydrogen) atoms. The number of aliphatic hydroxyl groups excluding tert-OH is 1. The Kier molecular flexibility index (Phi) is 8.64. The molecule has 0 radical (unpaired) electrons. The lowest BCUT2D eigenvalue weighted by molar-refractivity contribution is 0.0263. The summed E-state index contributed by atoms with van der Waals surface area (Å²) in [5, 5.41) is 19.2. The van der Waals surface area contributed by atoms with Crippen molar-refractivity contribution in [1.82, 2.24) is 10.6 Å². The average Bonchev–Trinajstić information content (AvgIpc) is 2.91. The third-order valence-electron chi connectivity index (χ3n) is 6.35. The summed E-state index contributed by atoms with van der Waals surface area (Å²) in [6.45, 7) is 1.33. The van der Waals surface area contributed by atoms with Gasteiger partial charge in [0.15, 0.2) is 0 Å². The Morgan fingerprint density at radius 2 is 0.912 bits per heavy atom. The molecule has 4 rings (SSSR count). The molecule has 1 unspecified atom stereocenters. The van der Waals surface area contributed by atoms with Crippen molar-refractivity contribution in [3.05, 3.63) is 144 Å². The Balaban J connectivity index is 1.61. The van der Waals surface area contributed by atoms with Crippen molar-refractivity contribution in [2.45, 2.75) is 44.1 Å². The molecule has 4 aromatic rings. The van der Waals surface area contributed by atoms with Crippen LogP contribution < -0.4 is 10.6 Å². The zero-order valence-corrected chi connectivity index (χ0v) is 19.6. The van der Waals surface area contributed by atoms with Crippen LogP contribution in [0, 0.1) is 0 Å². The number of hydrogen-bond donors (Lipinski definition) is 3. The van der Waals surface area contributed by atoms with Gasteiger partial charge in [-0.3, -0.25) is 10.6 Å². The quantitative estimate of drug-likeness (QED) is 0.250. The van der Waals surface area contributed by atoms with Crippen LogP contribution in [0.2, 0.25) is 0 Å². The molecule has 0 saturated carbocycles. The molecule has 0 heterocycles. The fourth-order valence-electron chi connectivity index (χ4n) is 4.36. The van der Waals surface area contributed by atoms with E-state index < -0.39 is 11.8 Å². The SMILES string of the molecule is OC(CCc1ccccc1)C(Cc1ccccc1)(NCc1ccccc1)NCc1ccccc1. The molecule has 0 amide bonds. The van der Waals surface area contributed by atoms with Crippen LogP contribution in [0.25, 0.3) is 0 Å². The summed E-state index contributed by atoms with van der Waals surface area (Å²) in [4.78, 5) is 0. The summed E-state index contributed by atoms with van der Waals surface area (Å²) in [5.41, 5.74) is 4.11. The highest BCUT2D eigenvalue weighted by Crippen LogP contribution is 2.22. The van der Waals surface area contributed by atoms with Gasteiger partial charge in [-0.15, -0.1) is 0 Å². The minimum Gasteiger partial charge on any atom is -0.390 e. The molecule has 3 N–H and O–H groups in total. The molecular formula is C31H34N2O. The van der Waals surface area contributed by atoms with Crippen molar-refractivity contribution < 1.29 is 5.11 Å². The summed E-state index contributed by atoms with van der Waals surface area (Å²) < 4.78 is 0. The first kappa shape index (κ1) is 23.9. The maximum absolute atomic E-state index is 11.7. The van der Waals surface area contributed by atoms with E-state index in [1.54, 1.807) is 0 Å². The minimum atomic E-state index is -0.693. The summed E-state index contributed by atoms with van der Waals surface area (Å²) in [7, 11) is 0. The van der Waals surface area contributed by atoms with Crippen molar-refractivity contribution in [3.8, 4) is 0 Å². The van der Waals surface area contributed by atoms with Gasteiger partial charge in [0.2, 0.25) is 0 Å². The standard InChI is InChI=1S/C31H34N2O/c34-30(22-21-26-13-5-1-6-14-26)31(23-27-15-7-2-8-16-27,32-24-28-17-9-3-10-18-28)33-25-29-19-11-4-12-20-29/h1-20,30,32-34H,21-25H2. The lowest BCUT2D eigenvalue weighted by Gasteiger charge is -2.41. The molecule has 3 nitrogen and oxygen atoms in total. The molecule has 0 aliphatic rings. The molecule has 0 saturated heterocycles. The van der Waals surface area contributed by atoms with E-state index >= 15 is 0 Å². The van der Waals surface area contributed by atoms with Crippen LogP contribution in [-0.4, -0.2) is 16.9 Å². The molecule has 0 fully saturated rings. The van der Waals surface area contributed by atoms with Gasteiger partial charge in [-0.2, -0.15) is 0 Å². The number of aryl methyl sites for hydroxylation is 1. The fraction of sp³-hybridized carbons (Fsp3) is 0.226. The smallest absolute Gasteiger partial charge is 0.1000 e. The van der Waals surface area contributed by atoms with Crippen LogP contribution in [0.3, 0.4) is 0 Å². The van der Waals surface area contributed by atoms with Gasteiger partial charge in [0.05, 0.1) is 11.8 Å². The number of nitrogens with one attached hydrogen (secondary N) is 2. The molecule has 174 valence electrons. The first-order valence-electron chi connectivity index (χ1n) is 12.1. The van der Waals surface area contributed by atoms with Crippen molar-refractivity contribution in [2.75, 3.05) is 0 Å². The van der Waals surface area contributed by atoms with E-state index in [0.29, 0.717) is 25.9 Å². The number of aliphatic hydroxyl groups is 1. The van der Waals surface area contributed by atoms with Crippen molar-refractivity contribution in [2.24, 2.45) is 0 Å². The number of rotatable bonds is 12. The van der Waals surface area contributed by atoms with Gasteiger partial charge in [0.25, 0.3) is 0 Å². The predicted octanol–water partition coefficient (Wildman–Crippen LogP) is 5.50. The number of hydrogen-bond acceptors (Lipinski definition) is 3. The zero-order chi connectivity index (χ0) is 23.5. The van der Waals surface area contributed by atoms with Gasteiger partial charge in [-0.05, 0) is 35.1 Å². The second kappa shape index (κ2) is 12.3. The lowest BCUT2D eigenvalue weighted by Crippen LogP contribution is -2.65. The summed E-state index contributed by atoms with van der Waals surface area (Å²) in [6.07, 6.45) is 1.54. The van der Waals surface area contributed by atoms with Crippen LogP contribution in [0.1, 0.15) is 28.7 Å². The predicted molar refractivity (Wildman–Crippen MR) is 140 cm³/mol. The second-order valence-corrected chi connectivity index (χ2v) is 8.85. The van der Waals surface area contributed by atoms with E-state index in [1.165, 1.54) is 22.3 Å². The Morgan fingerprint density at radius 3 is 1.35 bits per heavy atom. The molecular weight excluding hydrogens is 416 g/mol. The third kappa shape index (κ3) is 6.88. The Morgan fingerprint density at radius 1 is 0.529 bits per heavy atom. The van der Waals surface area contributed by atoms with E-state index in [9.17, 15) is 5.11 Å². The molecule has 4 aromatic carbocycles. The number of benzene rings is 4. The minimum absolute atomic E-state index is 0.597. The molecule has 0 aliphatic heterocycles. The first-order chi connectivity index (χ1) is 16.7. The van der Waals surface area contributed by atoms with E-state index in [-0.39, 0.29) is 0 Å². The van der Waals surface area contributed by atoms with Crippen LogP contribution in [0.5, 0.6) is 0 Å². The van der Waals surface area contributed by atoms with E-state index in [1.807, 2.05) is 24.3 Å². The van der Waals surface area contributed by atoms with E-state index in [4.69, 9.17) is 0 Å². The lowest BCUT2D eigenvalue weighted by atomic mass is 9.89. The van der Waals surface area contributed by atoms with E-state index in [0.717, 1.165) is 6.42 Å². The highest BCUT2D eigenvalue weighted by Gasteiger charge is 2.37. The fourth-order valence-corrected chi connectivity index (χ4v) is 4.36. The monoisotopic (exact) mass is 450 g/mol. The Hall–Kier alpha value is -3.24. The van der Waals surface area contributed by atoms with Gasteiger partial charge in [-0.1, -0.05) is 121 Å². The molecule has 0 bridgehead atoms. The second-order valence-electron chi connectivity index (χ2n) is 8.85. The normalized spacial score (nSPS) is 12.4. The maximum atomic E-state index is 11.7. The topological polar surface area (TPSA) is 44.3 Å². The van der Waals surface area contributed by atoms with Crippen molar-refractivity contribution in [3.63, 3.8) is 0 Å². The van der Waals surface area contributed by atoms with E-state index in [2.05, 4.69) is 108 Å². The molecule has 1 atom stereocenters. The molecule has 0 aromatic heterocycles. The molecule has 0 aliphatic carbocycles. The Bertz CT molecular complexity index is 1040. The zero-order valence-electron chi connectivity index (χ0n) is 19.6. The maximum Gasteiger partial charge on any atom is 0.1000 e. The Labute approximate surface area is 203 Å². The highest BCUT2D eigenvalue weighted by atomic mass is 16.3. The molecule has 0 spiro atoms.